The van der Waals surface area contributed by atoms with Crippen LogP contribution in [0.25, 0.3) is 78.9 Å². The van der Waals surface area contributed by atoms with E-state index in [2.05, 4.69) is 231 Å². The summed E-state index contributed by atoms with van der Waals surface area (Å²) >= 11 is 5.30. The van der Waals surface area contributed by atoms with Crippen LogP contribution < -0.4 is 13.3 Å². The third-order valence-electron chi connectivity index (χ3n) is 8.87. The second-order valence-electron chi connectivity index (χ2n) is 11.7. The Labute approximate surface area is 332 Å². The van der Waals surface area contributed by atoms with Crippen LogP contribution in [0.1, 0.15) is 36.1 Å². The Kier molecular flexibility index (Phi) is 13.5. The molecule has 8 rings (SSSR count). The van der Waals surface area contributed by atoms with E-state index in [1.54, 1.807) is 0 Å². The van der Waals surface area contributed by atoms with Gasteiger partial charge in [-0.15, -0.1) is 0 Å². The molecule has 0 saturated heterocycles. The Balaban J connectivity index is 0.000000853. The van der Waals surface area contributed by atoms with E-state index in [1.807, 2.05) is 13.8 Å². The molecule has 0 spiro atoms. The Morgan fingerprint density at radius 2 is 0.627 bits per heavy atom. The number of rotatable bonds is 6. The van der Waals surface area contributed by atoms with Crippen molar-refractivity contribution < 1.29 is 13.3 Å². The summed E-state index contributed by atoms with van der Waals surface area (Å²) in [5.74, 6) is 0. The Hall–Kier alpha value is -3.79. The van der Waals surface area contributed by atoms with Crippen molar-refractivity contribution in [3.05, 3.63) is 192 Å². The number of benzene rings is 8. The molecule has 0 aliphatic carbocycles. The van der Waals surface area contributed by atoms with Gasteiger partial charge in [-0.2, -0.15) is 0 Å². The van der Waals surface area contributed by atoms with Gasteiger partial charge in [0.1, 0.15) is 0 Å². The second kappa shape index (κ2) is 18.6. The van der Waals surface area contributed by atoms with Crippen molar-refractivity contribution in [2.45, 2.75) is 13.8 Å². The fraction of sp³-hybridized carbons (Fsp3) is 0.0417. The van der Waals surface area contributed by atoms with Gasteiger partial charge in [-0.3, -0.25) is 0 Å². The monoisotopic (exact) mass is 995 g/mol. The standard InChI is InChI=1S/C46H32.C2H6.I3/c1-5-17-33(18-6-1)29-31-41-37-25-13-14-26-38(37)42(32-30-34-19-7-2-8-20-34)46-44(36-23-11-4-12-24-36)40-28-16-15-27-39(40)43(45(41)46)35-21-9-3-10-22-35;1-2;1-3-2/h1-32H;1-2H3;/q;;-1/b31-29+,32-30+;;. The molecule has 0 amide bonds. The van der Waals surface area contributed by atoms with Crippen LogP contribution in [0.3, 0.4) is 0 Å². The summed E-state index contributed by atoms with van der Waals surface area (Å²) in [6, 6.07) is 60.9. The molecule has 3 heteroatoms. The van der Waals surface area contributed by atoms with E-state index in [-0.39, 0.29) is 0 Å². The maximum atomic E-state index is 2.39. The van der Waals surface area contributed by atoms with Gasteiger partial charge in [0.15, 0.2) is 0 Å². The van der Waals surface area contributed by atoms with Crippen molar-refractivity contribution in [3.63, 3.8) is 0 Å². The fourth-order valence-electron chi connectivity index (χ4n) is 6.84. The zero-order chi connectivity index (χ0) is 35.4. The number of fused-ring (bicyclic) bond motifs is 3. The molecule has 0 aromatic heterocycles. The first-order valence-corrected chi connectivity index (χ1v) is 29.7. The van der Waals surface area contributed by atoms with Crippen LogP contribution >= 0.6 is 37.2 Å². The first-order chi connectivity index (χ1) is 25.3. The summed E-state index contributed by atoms with van der Waals surface area (Å²) in [5.41, 5.74) is 9.77. The topological polar surface area (TPSA) is 0 Å². The van der Waals surface area contributed by atoms with E-state index in [1.165, 1.54) is 76.8 Å². The second-order valence-corrected chi connectivity index (χ2v) is 27.9. The van der Waals surface area contributed by atoms with Gasteiger partial charge >= 0.3 is 50.5 Å². The van der Waals surface area contributed by atoms with Crippen LogP contribution in [0, 0.1) is 0 Å². The molecule has 0 bridgehead atoms. The molecule has 51 heavy (non-hydrogen) atoms. The van der Waals surface area contributed by atoms with Crippen LogP contribution in [0.4, 0.5) is 0 Å². The molecule has 0 radical (unpaired) electrons. The third-order valence-corrected chi connectivity index (χ3v) is 8.87. The average Bonchev–Trinajstić information content (AvgIpc) is 3.21. The average molecular weight is 996 g/mol. The first kappa shape index (κ1) is 37.0. The number of hydrogen-bond donors (Lipinski definition) is 0. The normalized spacial score (nSPS) is 11.1. The quantitative estimate of drug-likeness (QED) is 0.0885. The molecule has 0 aliphatic heterocycles. The van der Waals surface area contributed by atoms with Gasteiger partial charge in [0.05, 0.1) is 0 Å². The van der Waals surface area contributed by atoms with Crippen LogP contribution in [0.15, 0.2) is 170 Å². The van der Waals surface area contributed by atoms with Crippen molar-refractivity contribution >= 4 is 93.9 Å². The van der Waals surface area contributed by atoms with Crippen LogP contribution in [0.5, 0.6) is 0 Å². The minimum absolute atomic E-state index is 0.530. The number of halogens is 3. The molecule has 0 nitrogen and oxygen atoms in total. The van der Waals surface area contributed by atoms with E-state index in [9.17, 15) is 0 Å². The molecule has 0 fully saturated rings. The minimum atomic E-state index is 0.530. The van der Waals surface area contributed by atoms with E-state index in [0.29, 0.717) is 13.3 Å². The Morgan fingerprint density at radius 3 is 0.961 bits per heavy atom. The SMILES string of the molecule is C(=C\c1c2ccccc2c(/C=C/c2ccccc2)c2c(-c3ccccc3)c3ccccc3c(-c3ccccc3)c12)/c1ccccc1.CC.I[I-]I. The molecular formula is C48H38I3-. The summed E-state index contributed by atoms with van der Waals surface area (Å²) in [4.78, 5) is 0. The molecule has 0 N–H and O–H groups in total. The molecule has 0 aliphatic rings. The first-order valence-electron chi connectivity index (χ1n) is 17.2. The van der Waals surface area contributed by atoms with Gasteiger partial charge in [-0.05, 0) is 76.8 Å². The van der Waals surface area contributed by atoms with Crippen LogP contribution in [-0.4, -0.2) is 0 Å². The molecule has 0 heterocycles. The van der Waals surface area contributed by atoms with Gasteiger partial charge < -0.3 is 0 Å². The Morgan fingerprint density at radius 1 is 0.353 bits per heavy atom. The van der Waals surface area contributed by atoms with Crippen LogP contribution in [0.2, 0.25) is 0 Å². The third kappa shape index (κ3) is 8.32. The van der Waals surface area contributed by atoms with Gasteiger partial charge in [-0.25, -0.2) is 0 Å². The van der Waals surface area contributed by atoms with Gasteiger partial charge in [0.2, 0.25) is 0 Å². The zero-order valence-corrected chi connectivity index (χ0v) is 35.1. The van der Waals surface area contributed by atoms with E-state index >= 15 is 0 Å². The summed E-state index contributed by atoms with van der Waals surface area (Å²) in [6.07, 6.45) is 9.18. The summed E-state index contributed by atoms with van der Waals surface area (Å²) in [7, 11) is 0. The Bertz CT molecular complexity index is 2230. The molecule has 0 unspecified atom stereocenters. The van der Waals surface area contributed by atoms with Crippen molar-refractivity contribution in [1.29, 1.82) is 0 Å². The molecule has 252 valence electrons. The molecule has 8 aromatic rings. The summed E-state index contributed by atoms with van der Waals surface area (Å²) in [5, 5.41) is 7.51. The van der Waals surface area contributed by atoms with Crippen molar-refractivity contribution in [1.82, 2.24) is 0 Å². The molecule has 0 atom stereocenters. The van der Waals surface area contributed by atoms with Gasteiger partial charge in [0, 0.05) is 0 Å². The van der Waals surface area contributed by atoms with E-state index < -0.39 is 0 Å². The predicted molar refractivity (Wildman–Crippen MR) is 240 cm³/mol. The van der Waals surface area contributed by atoms with E-state index in [0.717, 1.165) is 0 Å². The summed E-state index contributed by atoms with van der Waals surface area (Å²) in [6.45, 7) is 4.00. The van der Waals surface area contributed by atoms with Gasteiger partial charge in [-0.1, -0.05) is 208 Å². The van der Waals surface area contributed by atoms with Crippen molar-refractivity contribution in [2.75, 3.05) is 0 Å². The molecule has 0 saturated carbocycles. The van der Waals surface area contributed by atoms with Crippen molar-refractivity contribution in [2.24, 2.45) is 0 Å². The molecular weight excluding hydrogens is 957 g/mol. The number of hydrogen-bond acceptors (Lipinski definition) is 0. The van der Waals surface area contributed by atoms with Crippen molar-refractivity contribution in [3.8, 4) is 22.3 Å². The summed E-state index contributed by atoms with van der Waals surface area (Å²) < 4.78 is 0. The zero-order valence-electron chi connectivity index (χ0n) is 28.6. The fourth-order valence-corrected chi connectivity index (χ4v) is 6.84. The molecule has 8 aromatic carbocycles. The van der Waals surface area contributed by atoms with Crippen LogP contribution in [-0.2, 0) is 0 Å². The predicted octanol–water partition coefficient (Wildman–Crippen LogP) is 12.6. The van der Waals surface area contributed by atoms with Gasteiger partial charge in [0.25, 0.3) is 0 Å². The maximum absolute atomic E-state index is 2.39. The van der Waals surface area contributed by atoms with E-state index in [4.69, 9.17) is 0 Å².